The van der Waals surface area contributed by atoms with E-state index in [1.165, 1.54) is 17.4 Å². The van der Waals surface area contributed by atoms with E-state index < -0.39 is 9.84 Å². The topological polar surface area (TPSA) is 46.2 Å². The highest BCUT2D eigenvalue weighted by Crippen LogP contribution is 2.22. The Labute approximate surface area is 138 Å². The van der Waals surface area contributed by atoms with E-state index in [1.807, 2.05) is 19.1 Å². The minimum atomic E-state index is -3.14. The first-order valence-electron chi connectivity index (χ1n) is 8.03. The largest absolute Gasteiger partial charge is 0.310 e. The fraction of sp³-hybridized carbons (Fsp3) is 0.368. The Morgan fingerprint density at radius 2 is 1.87 bits per heavy atom. The highest BCUT2D eigenvalue weighted by Gasteiger charge is 2.18. The molecule has 0 saturated heterocycles. The van der Waals surface area contributed by atoms with Crippen LogP contribution in [0.15, 0.2) is 47.4 Å². The molecule has 4 heteroatoms. The molecule has 1 aliphatic carbocycles. The molecule has 3 nitrogen and oxygen atoms in total. The Morgan fingerprint density at radius 3 is 2.57 bits per heavy atom. The molecule has 0 spiro atoms. The summed E-state index contributed by atoms with van der Waals surface area (Å²) < 4.78 is 23.3. The van der Waals surface area contributed by atoms with Crippen LogP contribution in [0, 0.1) is 6.92 Å². The smallest absolute Gasteiger partial charge is 0.175 e. The lowest BCUT2D eigenvalue weighted by molar-refractivity contribution is 0.457. The number of aryl methyl sites for hydroxylation is 2. The number of nitrogens with one attached hydrogen (secondary N) is 1. The molecule has 1 unspecified atom stereocenters. The lowest BCUT2D eigenvalue weighted by Gasteiger charge is -2.25. The van der Waals surface area contributed by atoms with E-state index in [1.54, 1.807) is 6.07 Å². The van der Waals surface area contributed by atoms with Crippen molar-refractivity contribution in [1.82, 2.24) is 5.32 Å². The minimum Gasteiger partial charge on any atom is -0.310 e. The molecule has 1 N–H and O–H groups in total. The Balaban J connectivity index is 1.65. The Kier molecular flexibility index (Phi) is 4.55. The number of benzene rings is 2. The fourth-order valence-corrected chi connectivity index (χ4v) is 4.33. The van der Waals surface area contributed by atoms with Crippen molar-refractivity contribution in [3.05, 3.63) is 64.7 Å². The SMILES string of the molecule is Cc1cc(CNC2CCc3ccccc3C2)ccc1S(C)(=O)=O. The van der Waals surface area contributed by atoms with E-state index in [0.717, 1.165) is 36.9 Å². The lowest BCUT2D eigenvalue weighted by atomic mass is 9.88. The third-order valence-electron chi connectivity index (χ3n) is 4.58. The predicted molar refractivity (Wildman–Crippen MR) is 93.4 cm³/mol. The molecule has 3 rings (SSSR count). The highest BCUT2D eigenvalue weighted by atomic mass is 32.2. The van der Waals surface area contributed by atoms with Gasteiger partial charge in [-0.05, 0) is 54.5 Å². The molecule has 0 heterocycles. The van der Waals surface area contributed by atoms with Gasteiger partial charge in [-0.2, -0.15) is 0 Å². The van der Waals surface area contributed by atoms with E-state index in [2.05, 4.69) is 29.6 Å². The van der Waals surface area contributed by atoms with Crippen LogP contribution in [-0.2, 0) is 29.2 Å². The summed E-state index contributed by atoms with van der Waals surface area (Å²) in [6, 6.07) is 14.7. The van der Waals surface area contributed by atoms with Crippen LogP contribution in [0.25, 0.3) is 0 Å². The zero-order valence-electron chi connectivity index (χ0n) is 13.7. The maximum atomic E-state index is 11.7. The summed E-state index contributed by atoms with van der Waals surface area (Å²) in [7, 11) is -3.14. The van der Waals surface area contributed by atoms with Gasteiger partial charge in [0.1, 0.15) is 0 Å². The van der Waals surface area contributed by atoms with Crippen LogP contribution in [-0.4, -0.2) is 20.7 Å². The quantitative estimate of drug-likeness (QED) is 0.938. The molecular weight excluding hydrogens is 306 g/mol. The molecule has 2 aromatic carbocycles. The van der Waals surface area contributed by atoms with E-state index in [9.17, 15) is 8.42 Å². The molecule has 0 aliphatic heterocycles. The number of rotatable bonds is 4. The molecule has 1 aliphatic rings. The lowest BCUT2D eigenvalue weighted by Crippen LogP contribution is -2.34. The van der Waals surface area contributed by atoms with Crippen molar-refractivity contribution < 1.29 is 8.42 Å². The van der Waals surface area contributed by atoms with Crippen molar-refractivity contribution in [2.45, 2.75) is 43.7 Å². The first-order valence-corrected chi connectivity index (χ1v) is 9.92. The number of hydrogen-bond donors (Lipinski definition) is 1. The Morgan fingerprint density at radius 1 is 1.13 bits per heavy atom. The first kappa shape index (κ1) is 16.2. The van der Waals surface area contributed by atoms with Crippen molar-refractivity contribution in [3.63, 3.8) is 0 Å². The van der Waals surface area contributed by atoms with Gasteiger partial charge in [0.2, 0.25) is 0 Å². The highest BCUT2D eigenvalue weighted by molar-refractivity contribution is 7.90. The zero-order valence-corrected chi connectivity index (χ0v) is 14.5. The molecule has 0 aromatic heterocycles. The van der Waals surface area contributed by atoms with E-state index in [-0.39, 0.29) is 0 Å². The molecule has 2 aromatic rings. The molecule has 122 valence electrons. The Bertz CT molecular complexity index is 812. The van der Waals surface area contributed by atoms with Gasteiger partial charge in [-0.1, -0.05) is 36.4 Å². The van der Waals surface area contributed by atoms with Crippen LogP contribution >= 0.6 is 0 Å². The first-order chi connectivity index (χ1) is 10.9. The van der Waals surface area contributed by atoms with Gasteiger partial charge in [0.15, 0.2) is 9.84 Å². The maximum absolute atomic E-state index is 11.7. The molecule has 0 bridgehead atoms. The summed E-state index contributed by atoms with van der Waals surface area (Å²) in [5, 5.41) is 3.61. The summed E-state index contributed by atoms with van der Waals surface area (Å²) in [5.41, 5.74) is 4.87. The summed E-state index contributed by atoms with van der Waals surface area (Å²) in [4.78, 5) is 0.424. The van der Waals surface area contributed by atoms with Gasteiger partial charge in [-0.25, -0.2) is 8.42 Å². The average Bonchev–Trinajstić information content (AvgIpc) is 2.51. The van der Waals surface area contributed by atoms with Gasteiger partial charge in [0, 0.05) is 18.8 Å². The molecule has 0 saturated carbocycles. The van der Waals surface area contributed by atoms with Crippen molar-refractivity contribution >= 4 is 9.84 Å². The molecule has 0 amide bonds. The van der Waals surface area contributed by atoms with Gasteiger partial charge in [-0.3, -0.25) is 0 Å². The van der Waals surface area contributed by atoms with Crippen LogP contribution in [0.1, 0.15) is 28.7 Å². The summed E-state index contributed by atoms with van der Waals surface area (Å²) in [6.07, 6.45) is 4.60. The average molecular weight is 329 g/mol. The number of sulfone groups is 1. The summed E-state index contributed by atoms with van der Waals surface area (Å²) in [5.74, 6) is 0. The molecule has 1 atom stereocenters. The zero-order chi connectivity index (χ0) is 16.4. The summed E-state index contributed by atoms with van der Waals surface area (Å²) >= 11 is 0. The van der Waals surface area contributed by atoms with Gasteiger partial charge in [0.25, 0.3) is 0 Å². The van der Waals surface area contributed by atoms with Crippen molar-refractivity contribution in [2.75, 3.05) is 6.26 Å². The predicted octanol–water partition coefficient (Wildman–Crippen LogP) is 3.05. The van der Waals surface area contributed by atoms with Gasteiger partial charge in [0.05, 0.1) is 4.90 Å². The van der Waals surface area contributed by atoms with E-state index in [4.69, 9.17) is 0 Å². The van der Waals surface area contributed by atoms with Gasteiger partial charge >= 0.3 is 0 Å². The monoisotopic (exact) mass is 329 g/mol. The van der Waals surface area contributed by atoms with Crippen molar-refractivity contribution in [2.24, 2.45) is 0 Å². The van der Waals surface area contributed by atoms with Crippen LogP contribution in [0.5, 0.6) is 0 Å². The normalized spacial score (nSPS) is 17.7. The number of hydrogen-bond acceptors (Lipinski definition) is 3. The molecule has 0 radical (unpaired) electrons. The van der Waals surface area contributed by atoms with Crippen molar-refractivity contribution in [3.8, 4) is 0 Å². The fourth-order valence-electron chi connectivity index (χ4n) is 3.37. The second kappa shape index (κ2) is 6.46. The van der Waals surface area contributed by atoms with Crippen LogP contribution in [0.4, 0.5) is 0 Å². The second-order valence-corrected chi connectivity index (χ2v) is 8.45. The third-order valence-corrected chi connectivity index (χ3v) is 5.84. The third kappa shape index (κ3) is 3.82. The Hall–Kier alpha value is -1.65. The van der Waals surface area contributed by atoms with Crippen LogP contribution < -0.4 is 5.32 Å². The van der Waals surface area contributed by atoms with Crippen LogP contribution in [0.3, 0.4) is 0 Å². The maximum Gasteiger partial charge on any atom is 0.175 e. The van der Waals surface area contributed by atoms with E-state index in [0.29, 0.717) is 10.9 Å². The summed E-state index contributed by atoms with van der Waals surface area (Å²) in [6.45, 7) is 2.63. The van der Waals surface area contributed by atoms with Gasteiger partial charge in [-0.15, -0.1) is 0 Å². The standard InChI is InChI=1S/C19H23NO2S/c1-14-11-15(7-10-19(14)23(2,21)22)13-20-18-9-8-16-5-3-4-6-17(16)12-18/h3-7,10-11,18,20H,8-9,12-13H2,1-2H3. The molecule has 0 fully saturated rings. The number of fused-ring (bicyclic) bond motifs is 1. The minimum absolute atomic E-state index is 0.424. The second-order valence-electron chi connectivity index (χ2n) is 6.46. The molecule has 23 heavy (non-hydrogen) atoms. The van der Waals surface area contributed by atoms with E-state index >= 15 is 0 Å². The molecular formula is C19H23NO2S. The van der Waals surface area contributed by atoms with Crippen molar-refractivity contribution in [1.29, 1.82) is 0 Å². The van der Waals surface area contributed by atoms with Gasteiger partial charge < -0.3 is 5.32 Å². The van der Waals surface area contributed by atoms with Crippen LogP contribution in [0.2, 0.25) is 0 Å².